The molecule has 134 valence electrons. The molecule has 1 heterocycles. The Labute approximate surface area is 146 Å². The highest BCUT2D eigenvalue weighted by Crippen LogP contribution is 2.18. The van der Waals surface area contributed by atoms with E-state index in [1.54, 1.807) is 0 Å². The molecule has 2 rings (SSSR count). The van der Waals surface area contributed by atoms with Crippen molar-refractivity contribution in [2.45, 2.75) is 58.0 Å². The average molecular weight is 332 g/mol. The molecule has 0 bridgehead atoms. The molecule has 1 aromatic carbocycles. The monoisotopic (exact) mass is 331 g/mol. The van der Waals surface area contributed by atoms with Crippen molar-refractivity contribution in [1.29, 1.82) is 0 Å². The Balaban J connectivity index is 1.67. The van der Waals surface area contributed by atoms with E-state index in [4.69, 9.17) is 5.73 Å². The largest absolute Gasteiger partial charge is 0.352 e. The van der Waals surface area contributed by atoms with Gasteiger partial charge in [-0.05, 0) is 37.3 Å². The first-order valence-electron chi connectivity index (χ1n) is 9.47. The maximum atomic E-state index is 12.2. The lowest BCUT2D eigenvalue weighted by Gasteiger charge is -2.18. The van der Waals surface area contributed by atoms with E-state index in [2.05, 4.69) is 41.4 Å². The third-order valence-electron chi connectivity index (χ3n) is 4.94. The third-order valence-corrected chi connectivity index (χ3v) is 4.94. The molecule has 1 aromatic rings. The lowest BCUT2D eigenvalue weighted by Crippen LogP contribution is -2.37. The molecule has 1 saturated heterocycles. The van der Waals surface area contributed by atoms with Gasteiger partial charge in [-0.3, -0.25) is 9.69 Å². The second-order valence-electron chi connectivity index (χ2n) is 7.04. The molecule has 1 amide bonds. The van der Waals surface area contributed by atoms with Gasteiger partial charge in [-0.2, -0.15) is 0 Å². The van der Waals surface area contributed by atoms with E-state index in [1.165, 1.54) is 18.4 Å². The molecular formula is C20H33N3O. The van der Waals surface area contributed by atoms with Gasteiger partial charge in [-0.25, -0.2) is 0 Å². The molecule has 2 unspecified atom stereocenters. The Morgan fingerprint density at radius 2 is 2.08 bits per heavy atom. The van der Waals surface area contributed by atoms with E-state index in [-0.39, 0.29) is 5.91 Å². The smallest absolute Gasteiger partial charge is 0.220 e. The van der Waals surface area contributed by atoms with Crippen LogP contribution in [0.1, 0.15) is 51.0 Å². The van der Waals surface area contributed by atoms with Gasteiger partial charge in [-0.15, -0.1) is 0 Å². The number of benzene rings is 1. The first-order chi connectivity index (χ1) is 11.7. The number of nitrogens with two attached hydrogens (primary N) is 1. The highest BCUT2D eigenvalue weighted by Gasteiger charge is 2.23. The summed E-state index contributed by atoms with van der Waals surface area (Å²) < 4.78 is 0. The van der Waals surface area contributed by atoms with Crippen LogP contribution in [-0.4, -0.2) is 36.5 Å². The highest BCUT2D eigenvalue weighted by atomic mass is 16.1. The van der Waals surface area contributed by atoms with Gasteiger partial charge < -0.3 is 11.1 Å². The first-order valence-corrected chi connectivity index (χ1v) is 9.47. The van der Waals surface area contributed by atoms with E-state index >= 15 is 0 Å². The zero-order chi connectivity index (χ0) is 17.2. The number of rotatable bonds is 10. The van der Waals surface area contributed by atoms with Crippen LogP contribution in [-0.2, 0) is 11.3 Å². The summed E-state index contributed by atoms with van der Waals surface area (Å²) in [6, 6.07) is 10.8. The van der Waals surface area contributed by atoms with Gasteiger partial charge >= 0.3 is 0 Å². The van der Waals surface area contributed by atoms with Crippen molar-refractivity contribution in [2.24, 2.45) is 11.7 Å². The summed E-state index contributed by atoms with van der Waals surface area (Å²) in [6.45, 7) is 5.92. The van der Waals surface area contributed by atoms with Crippen molar-refractivity contribution in [3.05, 3.63) is 35.9 Å². The molecule has 3 N–H and O–H groups in total. The van der Waals surface area contributed by atoms with Crippen LogP contribution in [0.4, 0.5) is 0 Å². The Morgan fingerprint density at radius 1 is 1.29 bits per heavy atom. The Hall–Kier alpha value is -1.39. The molecule has 0 aromatic heterocycles. The number of carbonyl (C=O) groups excluding carboxylic acids is 1. The summed E-state index contributed by atoms with van der Waals surface area (Å²) in [5.74, 6) is 0.809. The van der Waals surface area contributed by atoms with Crippen LogP contribution in [0.25, 0.3) is 0 Å². The summed E-state index contributed by atoms with van der Waals surface area (Å²) in [5.41, 5.74) is 7.01. The summed E-state index contributed by atoms with van der Waals surface area (Å²) >= 11 is 0. The minimum Gasteiger partial charge on any atom is -0.352 e. The third kappa shape index (κ3) is 6.62. The summed E-state index contributed by atoms with van der Waals surface area (Å²) in [7, 11) is 0. The van der Waals surface area contributed by atoms with Crippen molar-refractivity contribution in [1.82, 2.24) is 10.2 Å². The maximum Gasteiger partial charge on any atom is 0.220 e. The minimum absolute atomic E-state index is 0.208. The minimum atomic E-state index is 0.208. The number of nitrogens with zero attached hydrogens (tertiary/aromatic N) is 1. The lowest BCUT2D eigenvalue weighted by atomic mass is 9.94. The molecule has 1 aliphatic rings. The summed E-state index contributed by atoms with van der Waals surface area (Å²) in [4.78, 5) is 14.6. The fraction of sp³-hybridized carbons (Fsp3) is 0.650. The molecule has 24 heavy (non-hydrogen) atoms. The molecule has 0 spiro atoms. The number of likely N-dealkylation sites (tertiary alicyclic amines) is 1. The number of amides is 1. The fourth-order valence-corrected chi connectivity index (χ4v) is 3.65. The zero-order valence-corrected chi connectivity index (χ0v) is 15.0. The lowest BCUT2D eigenvalue weighted by molar-refractivity contribution is -0.122. The normalized spacial score (nSPS) is 19.3. The van der Waals surface area contributed by atoms with Crippen LogP contribution in [0.2, 0.25) is 0 Å². The zero-order valence-electron chi connectivity index (χ0n) is 15.0. The Kier molecular flexibility index (Phi) is 8.26. The quantitative estimate of drug-likeness (QED) is 0.693. The summed E-state index contributed by atoms with van der Waals surface area (Å²) in [6.07, 6.45) is 6.05. The molecule has 4 heteroatoms. The van der Waals surface area contributed by atoms with Crippen LogP contribution in [0.5, 0.6) is 0 Å². The second kappa shape index (κ2) is 10.5. The van der Waals surface area contributed by atoms with Crippen LogP contribution in [0.15, 0.2) is 30.3 Å². The molecule has 1 fully saturated rings. The van der Waals surface area contributed by atoms with E-state index in [0.29, 0.717) is 18.4 Å². The van der Waals surface area contributed by atoms with Crippen molar-refractivity contribution in [3.63, 3.8) is 0 Å². The van der Waals surface area contributed by atoms with Crippen molar-refractivity contribution in [3.8, 4) is 0 Å². The predicted octanol–water partition coefficient (Wildman–Crippen LogP) is 2.92. The number of hydrogen-bond donors (Lipinski definition) is 2. The van der Waals surface area contributed by atoms with Gasteiger partial charge in [0.05, 0.1) is 0 Å². The molecule has 1 aliphatic heterocycles. The van der Waals surface area contributed by atoms with Gasteiger partial charge in [-0.1, -0.05) is 50.1 Å². The molecule has 4 nitrogen and oxygen atoms in total. The van der Waals surface area contributed by atoms with E-state index < -0.39 is 0 Å². The topological polar surface area (TPSA) is 58.4 Å². The van der Waals surface area contributed by atoms with Gasteiger partial charge in [0.15, 0.2) is 0 Å². The molecule has 0 aliphatic carbocycles. The first kappa shape index (κ1) is 18.9. The van der Waals surface area contributed by atoms with Gasteiger partial charge in [0.2, 0.25) is 5.91 Å². The Bertz CT molecular complexity index is 471. The van der Waals surface area contributed by atoms with Gasteiger partial charge in [0, 0.05) is 32.1 Å². The van der Waals surface area contributed by atoms with Crippen LogP contribution in [0, 0.1) is 5.92 Å². The van der Waals surface area contributed by atoms with E-state index in [9.17, 15) is 4.79 Å². The SMILES string of the molecule is CCCC(CCN)CCC(=O)NC1CCN(Cc2ccccc2)C1. The molecular weight excluding hydrogens is 298 g/mol. The highest BCUT2D eigenvalue weighted by molar-refractivity contribution is 5.76. The van der Waals surface area contributed by atoms with Crippen LogP contribution < -0.4 is 11.1 Å². The molecule has 0 saturated carbocycles. The number of hydrogen-bond acceptors (Lipinski definition) is 3. The Morgan fingerprint density at radius 3 is 2.79 bits per heavy atom. The van der Waals surface area contributed by atoms with Gasteiger partial charge in [0.1, 0.15) is 0 Å². The maximum absolute atomic E-state index is 12.2. The number of carbonyl (C=O) groups is 1. The van der Waals surface area contributed by atoms with Crippen LogP contribution >= 0.6 is 0 Å². The van der Waals surface area contributed by atoms with E-state index in [0.717, 1.165) is 45.4 Å². The van der Waals surface area contributed by atoms with Crippen molar-refractivity contribution < 1.29 is 4.79 Å². The van der Waals surface area contributed by atoms with Crippen LogP contribution in [0.3, 0.4) is 0 Å². The number of nitrogens with one attached hydrogen (secondary N) is 1. The predicted molar refractivity (Wildman–Crippen MR) is 99.6 cm³/mol. The standard InChI is InChI=1S/C20H33N3O/c1-2-6-17(11-13-21)9-10-20(24)22-19-12-14-23(16-19)15-18-7-4-3-5-8-18/h3-5,7-8,17,19H,2,6,9-16,21H2,1H3,(H,22,24). The van der Waals surface area contributed by atoms with E-state index in [1.807, 2.05) is 6.07 Å². The average Bonchev–Trinajstić information content (AvgIpc) is 3.01. The van der Waals surface area contributed by atoms with Crippen molar-refractivity contribution in [2.75, 3.05) is 19.6 Å². The summed E-state index contributed by atoms with van der Waals surface area (Å²) in [5, 5.41) is 3.22. The second-order valence-corrected chi connectivity index (χ2v) is 7.04. The van der Waals surface area contributed by atoms with Crippen molar-refractivity contribution >= 4 is 5.91 Å². The van der Waals surface area contributed by atoms with Gasteiger partial charge in [0.25, 0.3) is 0 Å². The fourth-order valence-electron chi connectivity index (χ4n) is 3.65. The molecule has 2 atom stereocenters. The molecule has 0 radical (unpaired) electrons.